The first kappa shape index (κ1) is 18.4. The van der Waals surface area contributed by atoms with Gasteiger partial charge in [-0.05, 0) is 30.9 Å². The van der Waals surface area contributed by atoms with Crippen LogP contribution in [0.2, 0.25) is 0 Å². The summed E-state index contributed by atoms with van der Waals surface area (Å²) in [7, 11) is 0. The molecule has 2 N–H and O–H groups in total. The molecule has 1 aromatic heterocycles. The van der Waals surface area contributed by atoms with Crippen LogP contribution in [0, 0.1) is 5.92 Å². The maximum absolute atomic E-state index is 12.0. The highest BCUT2D eigenvalue weighted by atomic mass is 32.2. The lowest BCUT2D eigenvalue weighted by Crippen LogP contribution is -2.48. The van der Waals surface area contributed by atoms with E-state index in [0.29, 0.717) is 17.0 Å². The third-order valence-electron chi connectivity index (χ3n) is 4.43. The van der Waals surface area contributed by atoms with Crippen LogP contribution in [-0.4, -0.2) is 33.9 Å². The molecule has 2 unspecified atom stereocenters. The molecular formula is C18H22N4O3S. The second-order valence-electron chi connectivity index (χ2n) is 6.42. The van der Waals surface area contributed by atoms with E-state index in [1.165, 1.54) is 6.42 Å². The van der Waals surface area contributed by atoms with Crippen molar-refractivity contribution in [3.63, 3.8) is 0 Å². The van der Waals surface area contributed by atoms with Gasteiger partial charge in [-0.25, -0.2) is 4.79 Å². The average molecular weight is 374 g/mol. The van der Waals surface area contributed by atoms with Crippen LogP contribution >= 0.6 is 11.8 Å². The van der Waals surface area contributed by atoms with Crippen LogP contribution in [0.1, 0.15) is 32.6 Å². The molecule has 1 heterocycles. The second kappa shape index (κ2) is 8.84. The number of hydrogen-bond acceptors (Lipinski definition) is 6. The fraction of sp³-hybridized carbons (Fsp3) is 0.444. The molecule has 0 radical (unpaired) electrons. The van der Waals surface area contributed by atoms with Crippen LogP contribution in [0.5, 0.6) is 0 Å². The number of nitrogens with zero attached hydrogens (tertiary/aromatic N) is 2. The molecule has 138 valence electrons. The Kier molecular flexibility index (Phi) is 6.27. The molecule has 0 saturated heterocycles. The van der Waals surface area contributed by atoms with Gasteiger partial charge in [0.2, 0.25) is 11.8 Å². The van der Waals surface area contributed by atoms with Gasteiger partial charge in [-0.15, -0.1) is 10.2 Å². The minimum atomic E-state index is -0.440. The monoisotopic (exact) mass is 374 g/mol. The number of aromatic nitrogens is 2. The quantitative estimate of drug-likeness (QED) is 0.780. The molecule has 3 rings (SSSR count). The third-order valence-corrected chi connectivity index (χ3v) is 5.25. The van der Waals surface area contributed by atoms with Gasteiger partial charge >= 0.3 is 6.03 Å². The molecule has 7 nitrogen and oxygen atoms in total. The number of hydrogen-bond donors (Lipinski definition) is 2. The fourth-order valence-electron chi connectivity index (χ4n) is 2.99. The number of amides is 3. The van der Waals surface area contributed by atoms with Crippen LogP contribution in [0.3, 0.4) is 0 Å². The standard InChI is InChI=1S/C18H22N4O3S/c1-12-7-5-6-10-14(12)19-17(24)20-15(23)11-26-18-22-21-16(25-18)13-8-3-2-4-9-13/h2-4,8-9,12,14H,5-7,10-11H2,1H3,(H2,19,20,23,24). The number of benzene rings is 1. The molecule has 1 aromatic carbocycles. The van der Waals surface area contributed by atoms with Crippen molar-refractivity contribution >= 4 is 23.7 Å². The van der Waals surface area contributed by atoms with Crippen molar-refractivity contribution in [3.05, 3.63) is 30.3 Å². The van der Waals surface area contributed by atoms with Gasteiger partial charge in [0, 0.05) is 11.6 Å². The van der Waals surface area contributed by atoms with E-state index in [0.717, 1.165) is 36.6 Å². The molecule has 0 bridgehead atoms. The number of carbonyl (C=O) groups is 2. The van der Waals surface area contributed by atoms with E-state index >= 15 is 0 Å². The Hall–Kier alpha value is -2.35. The molecule has 1 saturated carbocycles. The van der Waals surface area contributed by atoms with Gasteiger partial charge in [0.1, 0.15) is 0 Å². The van der Waals surface area contributed by atoms with Crippen LogP contribution < -0.4 is 10.6 Å². The Balaban J connectivity index is 1.44. The number of carbonyl (C=O) groups excluding carboxylic acids is 2. The van der Waals surface area contributed by atoms with Gasteiger partial charge in [0.15, 0.2) is 0 Å². The zero-order chi connectivity index (χ0) is 18.4. The Morgan fingerprint density at radius 2 is 1.96 bits per heavy atom. The lowest BCUT2D eigenvalue weighted by Gasteiger charge is -2.29. The van der Waals surface area contributed by atoms with Gasteiger partial charge < -0.3 is 9.73 Å². The Morgan fingerprint density at radius 3 is 2.73 bits per heavy atom. The molecule has 8 heteroatoms. The van der Waals surface area contributed by atoms with Crippen molar-refractivity contribution in [1.82, 2.24) is 20.8 Å². The predicted molar refractivity (Wildman–Crippen MR) is 98.6 cm³/mol. The fourth-order valence-corrected chi connectivity index (χ4v) is 3.55. The van der Waals surface area contributed by atoms with Gasteiger partial charge in [-0.3, -0.25) is 10.1 Å². The van der Waals surface area contributed by atoms with Crippen LogP contribution in [0.25, 0.3) is 11.5 Å². The first-order valence-electron chi connectivity index (χ1n) is 8.74. The maximum Gasteiger partial charge on any atom is 0.321 e. The minimum absolute atomic E-state index is 0.0318. The molecule has 1 aliphatic rings. The van der Waals surface area contributed by atoms with Crippen LogP contribution in [0.4, 0.5) is 4.79 Å². The van der Waals surface area contributed by atoms with E-state index in [9.17, 15) is 9.59 Å². The number of thioether (sulfide) groups is 1. The van der Waals surface area contributed by atoms with Crippen molar-refractivity contribution in [1.29, 1.82) is 0 Å². The minimum Gasteiger partial charge on any atom is -0.411 e. The summed E-state index contributed by atoms with van der Waals surface area (Å²) in [6.07, 6.45) is 4.38. The van der Waals surface area contributed by atoms with Crippen LogP contribution in [0.15, 0.2) is 40.0 Å². The lowest BCUT2D eigenvalue weighted by molar-refractivity contribution is -0.117. The predicted octanol–water partition coefficient (Wildman–Crippen LogP) is 3.23. The van der Waals surface area contributed by atoms with Crippen LogP contribution in [-0.2, 0) is 4.79 Å². The lowest BCUT2D eigenvalue weighted by atomic mass is 9.86. The van der Waals surface area contributed by atoms with Crippen molar-refractivity contribution in [3.8, 4) is 11.5 Å². The van der Waals surface area contributed by atoms with Crippen molar-refractivity contribution in [2.24, 2.45) is 5.92 Å². The molecule has 26 heavy (non-hydrogen) atoms. The van der Waals surface area contributed by atoms with E-state index in [-0.39, 0.29) is 11.8 Å². The Bertz CT molecular complexity index is 750. The van der Waals surface area contributed by atoms with Gasteiger partial charge in [-0.2, -0.15) is 0 Å². The van der Waals surface area contributed by atoms with E-state index in [2.05, 4.69) is 27.8 Å². The average Bonchev–Trinajstić information content (AvgIpc) is 3.12. The number of imide groups is 1. The molecule has 2 atom stereocenters. The SMILES string of the molecule is CC1CCCCC1NC(=O)NC(=O)CSc1nnc(-c2ccccc2)o1. The summed E-state index contributed by atoms with van der Waals surface area (Å²) in [4.78, 5) is 23.9. The van der Waals surface area contributed by atoms with E-state index in [4.69, 9.17) is 4.42 Å². The molecular weight excluding hydrogens is 352 g/mol. The Labute approximate surface area is 156 Å². The first-order valence-corrected chi connectivity index (χ1v) is 9.72. The zero-order valence-electron chi connectivity index (χ0n) is 14.6. The zero-order valence-corrected chi connectivity index (χ0v) is 15.4. The number of nitrogens with one attached hydrogen (secondary N) is 2. The maximum atomic E-state index is 12.0. The second-order valence-corrected chi connectivity index (χ2v) is 7.34. The summed E-state index contributed by atoms with van der Waals surface area (Å²) in [5.41, 5.74) is 0.817. The smallest absolute Gasteiger partial charge is 0.321 e. The normalized spacial score (nSPS) is 19.7. The summed E-state index contributed by atoms with van der Waals surface area (Å²) in [6, 6.07) is 9.09. The molecule has 3 amide bonds. The first-order chi connectivity index (χ1) is 12.6. The van der Waals surface area contributed by atoms with Crippen molar-refractivity contribution < 1.29 is 14.0 Å². The molecule has 1 fully saturated rings. The topological polar surface area (TPSA) is 97.1 Å². The summed E-state index contributed by atoms with van der Waals surface area (Å²) in [5, 5.41) is 13.4. The van der Waals surface area contributed by atoms with E-state index in [1.807, 2.05) is 30.3 Å². The van der Waals surface area contributed by atoms with Gasteiger partial charge in [0.25, 0.3) is 5.22 Å². The molecule has 2 aromatic rings. The third kappa shape index (κ3) is 5.08. The van der Waals surface area contributed by atoms with Crippen molar-refractivity contribution in [2.75, 3.05) is 5.75 Å². The largest absolute Gasteiger partial charge is 0.411 e. The molecule has 1 aliphatic carbocycles. The van der Waals surface area contributed by atoms with Gasteiger partial charge in [0.05, 0.1) is 5.75 Å². The molecule has 0 aliphatic heterocycles. The van der Waals surface area contributed by atoms with Crippen molar-refractivity contribution in [2.45, 2.75) is 43.9 Å². The van der Waals surface area contributed by atoms with E-state index in [1.54, 1.807) is 0 Å². The highest BCUT2D eigenvalue weighted by molar-refractivity contribution is 7.99. The van der Waals surface area contributed by atoms with Gasteiger partial charge in [-0.1, -0.05) is 49.7 Å². The summed E-state index contributed by atoms with van der Waals surface area (Å²) >= 11 is 1.10. The highest BCUT2D eigenvalue weighted by Gasteiger charge is 2.23. The highest BCUT2D eigenvalue weighted by Crippen LogP contribution is 2.24. The number of rotatable bonds is 5. The summed E-state index contributed by atoms with van der Waals surface area (Å²) in [6.45, 7) is 2.13. The summed E-state index contributed by atoms with van der Waals surface area (Å²) in [5.74, 6) is 0.478. The Morgan fingerprint density at radius 1 is 1.19 bits per heavy atom. The number of urea groups is 1. The molecule has 0 spiro atoms. The van der Waals surface area contributed by atoms with E-state index < -0.39 is 11.9 Å². The summed E-state index contributed by atoms with van der Waals surface area (Å²) < 4.78 is 5.52.